The van der Waals surface area contributed by atoms with Crippen LogP contribution in [0.2, 0.25) is 0 Å². The molecule has 1 N–H and O–H groups in total. The van der Waals surface area contributed by atoms with E-state index in [1.54, 1.807) is 0 Å². The molecular formula is C13H12F9NO3. The number of halogens is 9. The second-order valence-electron chi connectivity index (χ2n) is 4.70. The van der Waals surface area contributed by atoms with Crippen LogP contribution in [0.5, 0.6) is 17.2 Å². The van der Waals surface area contributed by atoms with Crippen molar-refractivity contribution in [1.29, 1.82) is 0 Å². The summed E-state index contributed by atoms with van der Waals surface area (Å²) >= 11 is 0. The largest absolute Gasteiger partial charge is 0.573 e. The summed E-state index contributed by atoms with van der Waals surface area (Å²) < 4.78 is 123. The summed E-state index contributed by atoms with van der Waals surface area (Å²) in [6.45, 7) is 1.37. The molecule has 150 valence electrons. The van der Waals surface area contributed by atoms with E-state index in [4.69, 9.17) is 0 Å². The van der Waals surface area contributed by atoms with E-state index >= 15 is 0 Å². The van der Waals surface area contributed by atoms with Crippen molar-refractivity contribution in [2.45, 2.75) is 38.5 Å². The summed E-state index contributed by atoms with van der Waals surface area (Å²) in [5, 5.41) is 2.38. The van der Waals surface area contributed by atoms with Crippen LogP contribution < -0.4 is 19.5 Å². The molecule has 1 rings (SSSR count). The van der Waals surface area contributed by atoms with Crippen molar-refractivity contribution in [3.63, 3.8) is 0 Å². The molecule has 0 fully saturated rings. The number of rotatable bonds is 6. The predicted octanol–water partition coefficient (Wildman–Crippen LogP) is 5.05. The van der Waals surface area contributed by atoms with E-state index in [1.807, 2.05) is 0 Å². The van der Waals surface area contributed by atoms with Gasteiger partial charge in [-0.25, -0.2) is 0 Å². The lowest BCUT2D eigenvalue weighted by Gasteiger charge is -2.25. The smallest absolute Gasteiger partial charge is 0.405 e. The van der Waals surface area contributed by atoms with Gasteiger partial charge >= 0.3 is 19.1 Å². The van der Waals surface area contributed by atoms with Gasteiger partial charge in [-0.1, -0.05) is 6.92 Å². The van der Waals surface area contributed by atoms with Gasteiger partial charge in [-0.05, 0) is 25.6 Å². The number of hydrogen-bond donors (Lipinski definition) is 1. The van der Waals surface area contributed by atoms with Crippen LogP contribution in [0.3, 0.4) is 0 Å². The molecule has 0 aromatic heterocycles. The molecule has 13 heteroatoms. The third-order valence-electron chi connectivity index (χ3n) is 2.89. The third-order valence-corrected chi connectivity index (χ3v) is 2.89. The highest BCUT2D eigenvalue weighted by Crippen LogP contribution is 2.47. The van der Waals surface area contributed by atoms with Crippen LogP contribution in [0.25, 0.3) is 0 Å². The first-order valence-corrected chi connectivity index (χ1v) is 6.78. The Bertz CT molecular complexity index is 607. The first-order valence-electron chi connectivity index (χ1n) is 6.78. The Labute approximate surface area is 140 Å². The van der Waals surface area contributed by atoms with Crippen molar-refractivity contribution < 1.29 is 53.7 Å². The summed E-state index contributed by atoms with van der Waals surface area (Å²) in [6, 6.07) is -0.615. The molecule has 0 aliphatic carbocycles. The fourth-order valence-corrected chi connectivity index (χ4v) is 2.08. The van der Waals surface area contributed by atoms with Gasteiger partial charge < -0.3 is 19.5 Å². The van der Waals surface area contributed by atoms with E-state index in [0.29, 0.717) is 6.07 Å². The summed E-state index contributed by atoms with van der Waals surface area (Å²) in [7, 11) is 1.18. The molecule has 0 radical (unpaired) electrons. The quantitative estimate of drug-likeness (QED) is 0.677. The van der Waals surface area contributed by atoms with Crippen LogP contribution in [0, 0.1) is 0 Å². The van der Waals surface area contributed by atoms with Gasteiger partial charge in [-0.3, -0.25) is 0 Å². The minimum Gasteiger partial charge on any atom is -0.405 e. The Morgan fingerprint density at radius 3 is 1.62 bits per heavy atom. The number of ether oxygens (including phenoxy) is 3. The average molecular weight is 401 g/mol. The highest BCUT2D eigenvalue weighted by molar-refractivity contribution is 5.55. The summed E-state index contributed by atoms with van der Waals surface area (Å²) in [6.07, 6.45) is -16.3. The van der Waals surface area contributed by atoms with Crippen molar-refractivity contribution in [2.24, 2.45) is 0 Å². The van der Waals surface area contributed by atoms with Gasteiger partial charge in [0.1, 0.15) is 5.75 Å². The Hall–Kier alpha value is -2.05. The lowest BCUT2D eigenvalue weighted by Crippen LogP contribution is -2.26. The molecule has 0 spiro atoms. The molecule has 0 amide bonds. The van der Waals surface area contributed by atoms with Gasteiger partial charge in [0.05, 0.1) is 5.56 Å². The predicted molar refractivity (Wildman–Crippen MR) is 68.6 cm³/mol. The molecular weight excluding hydrogens is 389 g/mol. The molecule has 4 nitrogen and oxygen atoms in total. The number of alkyl halides is 9. The number of hydrogen-bond acceptors (Lipinski definition) is 4. The second-order valence-corrected chi connectivity index (χ2v) is 4.70. The zero-order valence-corrected chi connectivity index (χ0v) is 13.1. The Kier molecular flexibility index (Phi) is 6.49. The molecule has 0 saturated heterocycles. The Balaban J connectivity index is 3.67. The van der Waals surface area contributed by atoms with Crippen molar-refractivity contribution in [1.82, 2.24) is 5.32 Å². The van der Waals surface area contributed by atoms with Crippen LogP contribution >= 0.6 is 0 Å². The van der Waals surface area contributed by atoms with E-state index in [9.17, 15) is 39.5 Å². The summed E-state index contributed by atoms with van der Waals surface area (Å²) in [5.41, 5.74) is -0.925. The number of nitrogens with one attached hydrogen (secondary N) is 1. The molecule has 1 unspecified atom stereocenters. The van der Waals surface area contributed by atoms with Gasteiger partial charge in [0, 0.05) is 6.04 Å². The topological polar surface area (TPSA) is 39.7 Å². The van der Waals surface area contributed by atoms with Crippen molar-refractivity contribution in [3.8, 4) is 17.2 Å². The number of benzene rings is 1. The first-order chi connectivity index (χ1) is 11.7. The second kappa shape index (κ2) is 7.68. The molecule has 1 atom stereocenters. The Morgan fingerprint density at radius 1 is 0.808 bits per heavy atom. The molecule has 0 bridgehead atoms. The highest BCUT2D eigenvalue weighted by Gasteiger charge is 2.41. The van der Waals surface area contributed by atoms with Gasteiger partial charge in [-0.15, -0.1) is 39.5 Å². The van der Waals surface area contributed by atoms with Crippen molar-refractivity contribution >= 4 is 0 Å². The standard InChI is InChI=1S/C13H12F9NO3/c1-3-6(23-2)9-7(24-11(14,15)16)4-5-8(25-12(17,18)19)10(9)26-13(20,21)22/h4-6,23H,3H2,1-2H3. The zero-order chi connectivity index (χ0) is 20.3. The summed E-state index contributed by atoms with van der Waals surface area (Å²) in [4.78, 5) is 0. The maximum atomic E-state index is 12.6. The van der Waals surface area contributed by atoms with Gasteiger partial charge in [0.2, 0.25) is 0 Å². The maximum Gasteiger partial charge on any atom is 0.573 e. The minimum absolute atomic E-state index is 0.103. The van der Waals surface area contributed by atoms with Crippen LogP contribution in [0.4, 0.5) is 39.5 Å². The first kappa shape index (κ1) is 22.0. The monoisotopic (exact) mass is 401 g/mol. The molecule has 0 aliphatic rings. The summed E-state index contributed by atoms with van der Waals surface area (Å²) in [5.74, 6) is -4.21. The molecule has 1 aromatic carbocycles. The van der Waals surface area contributed by atoms with Crippen LogP contribution in [-0.2, 0) is 0 Å². The van der Waals surface area contributed by atoms with E-state index < -0.39 is 47.9 Å². The van der Waals surface area contributed by atoms with E-state index in [1.165, 1.54) is 14.0 Å². The minimum atomic E-state index is -5.50. The van der Waals surface area contributed by atoms with Crippen molar-refractivity contribution in [3.05, 3.63) is 17.7 Å². The van der Waals surface area contributed by atoms with E-state index in [2.05, 4.69) is 19.5 Å². The molecule has 1 aromatic rings. The van der Waals surface area contributed by atoms with E-state index in [0.717, 1.165) is 0 Å². The van der Waals surface area contributed by atoms with Crippen molar-refractivity contribution in [2.75, 3.05) is 7.05 Å². The fourth-order valence-electron chi connectivity index (χ4n) is 2.08. The van der Waals surface area contributed by atoms with Crippen LogP contribution in [0.1, 0.15) is 24.9 Å². The average Bonchev–Trinajstić information content (AvgIpc) is 2.41. The molecule has 0 saturated carbocycles. The lowest BCUT2D eigenvalue weighted by molar-refractivity contribution is -0.288. The molecule has 0 aliphatic heterocycles. The normalized spacial score (nSPS) is 14.1. The van der Waals surface area contributed by atoms with Crippen LogP contribution in [0.15, 0.2) is 12.1 Å². The highest BCUT2D eigenvalue weighted by atomic mass is 19.4. The maximum absolute atomic E-state index is 12.6. The van der Waals surface area contributed by atoms with Gasteiger partial charge in [-0.2, -0.15) is 0 Å². The lowest BCUT2D eigenvalue weighted by atomic mass is 10.0. The van der Waals surface area contributed by atoms with Gasteiger partial charge in [0.25, 0.3) is 0 Å². The zero-order valence-electron chi connectivity index (χ0n) is 13.1. The third kappa shape index (κ3) is 6.69. The van der Waals surface area contributed by atoms with Gasteiger partial charge in [0.15, 0.2) is 11.5 Å². The molecule has 0 heterocycles. The Morgan fingerprint density at radius 2 is 1.23 bits per heavy atom. The fraction of sp³-hybridized carbons (Fsp3) is 0.538. The molecule has 26 heavy (non-hydrogen) atoms. The van der Waals surface area contributed by atoms with Crippen LogP contribution in [-0.4, -0.2) is 26.1 Å². The SMILES string of the molecule is CCC(NC)c1c(OC(F)(F)F)ccc(OC(F)(F)F)c1OC(F)(F)F. The van der Waals surface area contributed by atoms with E-state index in [-0.39, 0.29) is 12.5 Å².